The number of rotatable bonds is 4. The number of hydrogen-bond donors (Lipinski definition) is 0. The molecule has 3 heterocycles. The Morgan fingerprint density at radius 1 is 0.850 bits per heavy atom. The molecule has 2 fully saturated rings. The minimum Gasteiger partial charge on any atom is -0.352 e. The van der Waals surface area contributed by atoms with Gasteiger partial charge in [-0.15, -0.1) is 0 Å². The Bertz CT molecular complexity index is 1800. The SMILES string of the molecule is O=C(c1ccccc1)C1C2C(=O)N(c3cc([N+](=O)[O-])ccc3Cl)C(=O)C2C2C=Cc3c(ccc4ccccc34)N21. The van der Waals surface area contributed by atoms with E-state index in [1.54, 1.807) is 30.3 Å². The number of fused-ring (bicyclic) bond motifs is 7. The van der Waals surface area contributed by atoms with Crippen LogP contribution in [-0.4, -0.2) is 34.6 Å². The molecule has 0 aliphatic carbocycles. The number of halogens is 1. The highest BCUT2D eigenvalue weighted by atomic mass is 35.5. The van der Waals surface area contributed by atoms with Crippen molar-refractivity contribution >= 4 is 63.1 Å². The Balaban J connectivity index is 1.40. The van der Waals surface area contributed by atoms with E-state index in [0.717, 1.165) is 33.0 Å². The Kier molecular flexibility index (Phi) is 5.37. The van der Waals surface area contributed by atoms with Gasteiger partial charge in [-0.05, 0) is 22.9 Å². The lowest BCUT2D eigenvalue weighted by Gasteiger charge is -2.37. The molecule has 4 aromatic carbocycles. The summed E-state index contributed by atoms with van der Waals surface area (Å²) < 4.78 is 0. The number of hydrogen-bond acceptors (Lipinski definition) is 6. The number of carbonyl (C=O) groups excluding carboxylic acids is 3. The van der Waals surface area contributed by atoms with Crippen LogP contribution >= 0.6 is 11.6 Å². The number of imide groups is 1. The van der Waals surface area contributed by atoms with Crippen molar-refractivity contribution in [3.05, 3.63) is 117 Å². The van der Waals surface area contributed by atoms with Crippen LogP contribution in [0, 0.1) is 22.0 Å². The third kappa shape index (κ3) is 3.36. The van der Waals surface area contributed by atoms with Crippen LogP contribution in [0.25, 0.3) is 16.8 Å². The minimum absolute atomic E-state index is 0.0334. The van der Waals surface area contributed by atoms with Crippen LogP contribution in [0.15, 0.2) is 91.0 Å². The molecule has 9 heteroatoms. The topological polar surface area (TPSA) is 101 Å². The summed E-state index contributed by atoms with van der Waals surface area (Å²) in [6, 6.07) is 22.6. The molecule has 40 heavy (non-hydrogen) atoms. The summed E-state index contributed by atoms with van der Waals surface area (Å²) >= 11 is 6.36. The maximum absolute atomic E-state index is 14.2. The van der Waals surface area contributed by atoms with Gasteiger partial charge in [0.05, 0.1) is 33.5 Å². The Morgan fingerprint density at radius 2 is 1.57 bits per heavy atom. The van der Waals surface area contributed by atoms with Crippen molar-refractivity contribution in [2.45, 2.75) is 12.1 Å². The molecule has 0 saturated carbocycles. The average molecular weight is 550 g/mol. The van der Waals surface area contributed by atoms with E-state index in [9.17, 15) is 24.5 Å². The van der Waals surface area contributed by atoms with E-state index >= 15 is 0 Å². The van der Waals surface area contributed by atoms with E-state index in [-0.39, 0.29) is 22.2 Å². The summed E-state index contributed by atoms with van der Waals surface area (Å²) in [5, 5.41) is 13.5. The van der Waals surface area contributed by atoms with Gasteiger partial charge in [-0.2, -0.15) is 0 Å². The van der Waals surface area contributed by atoms with Crippen LogP contribution in [0.5, 0.6) is 0 Å². The van der Waals surface area contributed by atoms with Crippen molar-refractivity contribution in [1.29, 1.82) is 0 Å². The van der Waals surface area contributed by atoms with Crippen molar-refractivity contribution in [2.75, 3.05) is 9.80 Å². The number of benzene rings is 4. The molecule has 4 aromatic rings. The number of nitro benzene ring substituents is 1. The molecule has 7 rings (SSSR count). The Morgan fingerprint density at radius 3 is 2.35 bits per heavy atom. The zero-order chi connectivity index (χ0) is 27.7. The second-order valence-corrected chi connectivity index (χ2v) is 10.5. The fourth-order valence-electron chi connectivity index (χ4n) is 6.42. The Hall–Kier alpha value is -4.82. The van der Waals surface area contributed by atoms with Gasteiger partial charge >= 0.3 is 0 Å². The van der Waals surface area contributed by atoms with Crippen LogP contribution in [0.3, 0.4) is 0 Å². The van der Waals surface area contributed by atoms with Crippen molar-refractivity contribution in [1.82, 2.24) is 0 Å². The molecule has 0 bridgehead atoms. The van der Waals surface area contributed by atoms with Crippen molar-refractivity contribution in [3.63, 3.8) is 0 Å². The molecule has 0 radical (unpaired) electrons. The molecule has 4 atom stereocenters. The van der Waals surface area contributed by atoms with Gasteiger partial charge in [0.2, 0.25) is 11.8 Å². The average Bonchev–Trinajstić information content (AvgIpc) is 3.45. The zero-order valence-electron chi connectivity index (χ0n) is 20.8. The number of amides is 2. The van der Waals surface area contributed by atoms with Gasteiger partial charge < -0.3 is 4.90 Å². The van der Waals surface area contributed by atoms with Crippen LogP contribution in [0.1, 0.15) is 15.9 Å². The summed E-state index contributed by atoms with van der Waals surface area (Å²) in [5.74, 6) is -3.30. The molecular weight excluding hydrogens is 530 g/mol. The van der Waals surface area contributed by atoms with Gasteiger partial charge in [-0.25, -0.2) is 4.90 Å². The van der Waals surface area contributed by atoms with E-state index in [4.69, 9.17) is 11.6 Å². The van der Waals surface area contributed by atoms with Gasteiger partial charge in [0.25, 0.3) is 5.69 Å². The first-order valence-corrected chi connectivity index (χ1v) is 13.1. The second-order valence-electron chi connectivity index (χ2n) is 10.1. The first-order chi connectivity index (χ1) is 19.4. The molecule has 196 valence electrons. The maximum Gasteiger partial charge on any atom is 0.271 e. The van der Waals surface area contributed by atoms with Gasteiger partial charge in [0.15, 0.2) is 5.78 Å². The summed E-state index contributed by atoms with van der Waals surface area (Å²) in [6.45, 7) is 0. The largest absolute Gasteiger partial charge is 0.352 e. The minimum atomic E-state index is -1.01. The number of ketones is 1. The number of nitro groups is 1. The lowest BCUT2D eigenvalue weighted by Crippen LogP contribution is -2.48. The number of Topliss-reactive ketones (excluding diaryl/α,β-unsaturated/α-hetero) is 1. The van der Waals surface area contributed by atoms with Crippen molar-refractivity contribution < 1.29 is 19.3 Å². The summed E-state index contributed by atoms with van der Waals surface area (Å²) in [7, 11) is 0. The molecular formula is C31H20ClN3O5. The normalized spacial score (nSPS) is 22.8. The van der Waals surface area contributed by atoms with Gasteiger partial charge in [-0.3, -0.25) is 24.5 Å². The van der Waals surface area contributed by atoms with E-state index < -0.39 is 40.7 Å². The number of anilines is 2. The fourth-order valence-corrected chi connectivity index (χ4v) is 6.63. The monoisotopic (exact) mass is 549 g/mol. The molecule has 0 spiro atoms. The van der Waals surface area contributed by atoms with Crippen LogP contribution in [0.2, 0.25) is 5.02 Å². The van der Waals surface area contributed by atoms with E-state index in [1.807, 2.05) is 53.5 Å². The highest BCUT2D eigenvalue weighted by Crippen LogP contribution is 2.51. The first kappa shape index (κ1) is 24.2. The fraction of sp³-hybridized carbons (Fsp3) is 0.129. The number of carbonyl (C=O) groups is 3. The molecule has 2 saturated heterocycles. The summed E-state index contributed by atoms with van der Waals surface area (Å²) in [6.07, 6.45) is 3.83. The van der Waals surface area contributed by atoms with E-state index in [1.165, 1.54) is 12.1 Å². The predicted octanol–water partition coefficient (Wildman–Crippen LogP) is 5.67. The standard InChI is InChI=1S/C31H20ClN3O5/c32-22-13-11-19(35(39)40)16-25(22)34-30(37)26-24-15-12-21-20-9-5-4-6-17(20)10-14-23(21)33(24)28(27(26)31(34)38)29(36)18-7-2-1-3-8-18/h1-16,24,26-28H. The first-order valence-electron chi connectivity index (χ1n) is 12.8. The summed E-state index contributed by atoms with van der Waals surface area (Å²) in [5.41, 5.74) is 1.77. The Labute approximate surface area is 233 Å². The van der Waals surface area contributed by atoms with Gasteiger partial charge in [-0.1, -0.05) is 84.4 Å². The van der Waals surface area contributed by atoms with Crippen LogP contribution in [0.4, 0.5) is 17.1 Å². The second kappa shape index (κ2) is 8.86. The molecule has 4 unspecified atom stereocenters. The van der Waals surface area contributed by atoms with Gasteiger partial charge in [0.1, 0.15) is 6.04 Å². The smallest absolute Gasteiger partial charge is 0.271 e. The summed E-state index contributed by atoms with van der Waals surface area (Å²) in [4.78, 5) is 56.0. The highest BCUT2D eigenvalue weighted by molar-refractivity contribution is 6.36. The van der Waals surface area contributed by atoms with E-state index in [2.05, 4.69) is 0 Å². The van der Waals surface area contributed by atoms with Crippen LogP contribution in [-0.2, 0) is 9.59 Å². The number of non-ortho nitro benzene ring substituents is 1. The van der Waals surface area contributed by atoms with Crippen molar-refractivity contribution in [2.24, 2.45) is 11.8 Å². The molecule has 8 nitrogen and oxygen atoms in total. The molecule has 0 N–H and O–H groups in total. The quantitative estimate of drug-likeness (QED) is 0.141. The molecule has 3 aliphatic heterocycles. The highest BCUT2D eigenvalue weighted by Gasteiger charge is 2.64. The predicted molar refractivity (Wildman–Crippen MR) is 151 cm³/mol. The third-order valence-corrected chi connectivity index (χ3v) is 8.44. The lowest BCUT2D eigenvalue weighted by atomic mass is 9.86. The zero-order valence-corrected chi connectivity index (χ0v) is 21.6. The molecule has 2 amide bonds. The van der Waals surface area contributed by atoms with E-state index in [0.29, 0.717) is 5.56 Å². The van der Waals surface area contributed by atoms with Crippen LogP contribution < -0.4 is 9.80 Å². The third-order valence-electron chi connectivity index (χ3n) is 8.12. The lowest BCUT2D eigenvalue weighted by molar-refractivity contribution is -0.384. The maximum atomic E-state index is 14.2. The number of nitrogens with zero attached hydrogens (tertiary/aromatic N) is 3. The van der Waals surface area contributed by atoms with Crippen molar-refractivity contribution in [3.8, 4) is 0 Å². The van der Waals surface area contributed by atoms with Gasteiger partial charge in [0, 0.05) is 28.9 Å². The molecule has 0 aromatic heterocycles. The molecule has 3 aliphatic rings.